The smallest absolute Gasteiger partial charge is 0.240 e. The molecule has 2 atom stereocenters. The maximum atomic E-state index is 11.9. The first-order chi connectivity index (χ1) is 7.31. The Labute approximate surface area is 96.0 Å². The Hall–Kier alpha value is -0.220. The van der Waals surface area contributed by atoms with Crippen LogP contribution in [-0.2, 0) is 4.79 Å². The molecule has 0 aliphatic carbocycles. The molecule has 0 spiro atoms. The van der Waals surface area contributed by atoms with E-state index in [9.17, 15) is 4.79 Å². The molecule has 2 unspecified atom stereocenters. The molecule has 0 aromatic rings. The summed E-state index contributed by atoms with van der Waals surface area (Å²) in [5.41, 5.74) is 0. The Morgan fingerprint density at radius 3 is 3.13 bits per heavy atom. The van der Waals surface area contributed by atoms with Crippen molar-refractivity contribution < 1.29 is 4.79 Å². The van der Waals surface area contributed by atoms with Crippen molar-refractivity contribution in [2.75, 3.05) is 19.0 Å². The van der Waals surface area contributed by atoms with Crippen LogP contribution in [0.5, 0.6) is 0 Å². The minimum Gasteiger partial charge on any atom is -0.327 e. The molecular weight excluding hydrogens is 208 g/mol. The largest absolute Gasteiger partial charge is 0.327 e. The van der Waals surface area contributed by atoms with E-state index < -0.39 is 0 Å². The molecule has 2 rings (SSSR count). The van der Waals surface area contributed by atoms with Crippen LogP contribution < -0.4 is 5.32 Å². The van der Waals surface area contributed by atoms with E-state index in [0.717, 1.165) is 26.1 Å². The molecular formula is C11H20N2OS. The van der Waals surface area contributed by atoms with E-state index in [2.05, 4.69) is 12.2 Å². The van der Waals surface area contributed by atoms with Crippen molar-refractivity contribution in [1.82, 2.24) is 10.2 Å². The van der Waals surface area contributed by atoms with Crippen molar-refractivity contribution in [3.63, 3.8) is 0 Å². The Kier molecular flexibility index (Phi) is 3.92. The van der Waals surface area contributed by atoms with Crippen molar-refractivity contribution in [2.24, 2.45) is 0 Å². The minimum absolute atomic E-state index is 0.0985. The predicted molar refractivity (Wildman–Crippen MR) is 63.9 cm³/mol. The highest BCUT2D eigenvalue weighted by molar-refractivity contribution is 8.00. The number of carbonyl (C=O) groups is 1. The molecule has 4 heteroatoms. The van der Waals surface area contributed by atoms with Crippen LogP contribution >= 0.6 is 11.8 Å². The van der Waals surface area contributed by atoms with Crippen molar-refractivity contribution in [3.8, 4) is 0 Å². The molecule has 0 radical (unpaired) electrons. The maximum absolute atomic E-state index is 11.9. The molecule has 3 nitrogen and oxygen atoms in total. The van der Waals surface area contributed by atoms with Gasteiger partial charge in [0.1, 0.15) is 0 Å². The summed E-state index contributed by atoms with van der Waals surface area (Å²) in [6, 6.07) is 0.0985. The lowest BCUT2D eigenvalue weighted by Crippen LogP contribution is -2.34. The van der Waals surface area contributed by atoms with E-state index in [1.165, 1.54) is 18.6 Å². The van der Waals surface area contributed by atoms with Crippen LogP contribution in [0.25, 0.3) is 0 Å². The van der Waals surface area contributed by atoms with Gasteiger partial charge in [-0.1, -0.05) is 13.3 Å². The third kappa shape index (κ3) is 2.67. The number of hydrogen-bond donors (Lipinski definition) is 1. The molecule has 2 fully saturated rings. The number of nitrogens with zero attached hydrogens (tertiary/aromatic N) is 1. The van der Waals surface area contributed by atoms with Gasteiger partial charge in [-0.05, 0) is 25.0 Å². The lowest BCUT2D eigenvalue weighted by molar-refractivity contribution is -0.129. The normalized spacial score (nSPS) is 31.5. The predicted octanol–water partition coefficient (Wildman–Crippen LogP) is 1.44. The number of amides is 1. The molecule has 2 heterocycles. The molecule has 0 aromatic heterocycles. The van der Waals surface area contributed by atoms with Crippen LogP contribution in [0.1, 0.15) is 32.6 Å². The summed E-state index contributed by atoms with van der Waals surface area (Å²) in [7, 11) is 0. The van der Waals surface area contributed by atoms with Gasteiger partial charge in [0, 0.05) is 11.8 Å². The number of hydrogen-bond acceptors (Lipinski definition) is 3. The van der Waals surface area contributed by atoms with Gasteiger partial charge in [0.15, 0.2) is 0 Å². The molecule has 15 heavy (non-hydrogen) atoms. The maximum Gasteiger partial charge on any atom is 0.240 e. The zero-order valence-corrected chi connectivity index (χ0v) is 10.2. The summed E-state index contributed by atoms with van der Waals surface area (Å²) in [5.74, 6) is 1.60. The number of thioether (sulfide) groups is 1. The summed E-state index contributed by atoms with van der Waals surface area (Å²) < 4.78 is 0. The standard InChI is InChI=1S/C11H20N2OS/c1-2-4-10-11(14)13(8-12-10)7-9-5-3-6-15-9/h9-10,12H,2-8H2,1H3. The Morgan fingerprint density at radius 1 is 1.60 bits per heavy atom. The van der Waals surface area contributed by atoms with E-state index in [-0.39, 0.29) is 6.04 Å². The second kappa shape index (κ2) is 5.21. The van der Waals surface area contributed by atoms with E-state index in [4.69, 9.17) is 0 Å². The van der Waals surface area contributed by atoms with Gasteiger partial charge < -0.3 is 4.90 Å². The minimum atomic E-state index is 0.0985. The van der Waals surface area contributed by atoms with Crippen LogP contribution in [0, 0.1) is 0 Å². The summed E-state index contributed by atoms with van der Waals surface area (Å²) >= 11 is 2.02. The number of nitrogens with one attached hydrogen (secondary N) is 1. The van der Waals surface area contributed by atoms with Crippen LogP contribution in [0.15, 0.2) is 0 Å². The van der Waals surface area contributed by atoms with Gasteiger partial charge in [0.05, 0.1) is 12.7 Å². The number of rotatable bonds is 4. The summed E-state index contributed by atoms with van der Waals surface area (Å²) in [5, 5.41) is 3.99. The average molecular weight is 228 g/mol. The van der Waals surface area contributed by atoms with Gasteiger partial charge in [-0.3, -0.25) is 10.1 Å². The summed E-state index contributed by atoms with van der Waals surface area (Å²) in [4.78, 5) is 13.9. The van der Waals surface area contributed by atoms with E-state index in [1.54, 1.807) is 0 Å². The Morgan fingerprint density at radius 2 is 2.47 bits per heavy atom. The van der Waals surface area contributed by atoms with Crippen molar-refractivity contribution >= 4 is 17.7 Å². The molecule has 2 aliphatic heterocycles. The lowest BCUT2D eigenvalue weighted by Gasteiger charge is -2.19. The molecule has 2 aliphatic rings. The van der Waals surface area contributed by atoms with Gasteiger partial charge in [-0.25, -0.2) is 0 Å². The van der Waals surface area contributed by atoms with Gasteiger partial charge in [-0.15, -0.1) is 0 Å². The first-order valence-corrected chi connectivity index (χ1v) is 7.00. The third-order valence-corrected chi connectivity index (χ3v) is 4.54. The van der Waals surface area contributed by atoms with Crippen molar-refractivity contribution in [3.05, 3.63) is 0 Å². The monoisotopic (exact) mass is 228 g/mol. The van der Waals surface area contributed by atoms with E-state index in [0.29, 0.717) is 11.2 Å². The van der Waals surface area contributed by atoms with Crippen LogP contribution in [0.2, 0.25) is 0 Å². The van der Waals surface area contributed by atoms with Crippen LogP contribution in [0.4, 0.5) is 0 Å². The van der Waals surface area contributed by atoms with Crippen molar-refractivity contribution in [2.45, 2.75) is 43.9 Å². The topological polar surface area (TPSA) is 32.3 Å². The average Bonchev–Trinajstić information content (AvgIpc) is 2.83. The van der Waals surface area contributed by atoms with E-state index >= 15 is 0 Å². The summed E-state index contributed by atoms with van der Waals surface area (Å²) in [6.07, 6.45) is 4.67. The fourth-order valence-electron chi connectivity index (χ4n) is 2.31. The molecule has 1 amide bonds. The molecule has 0 saturated carbocycles. The zero-order chi connectivity index (χ0) is 10.7. The summed E-state index contributed by atoms with van der Waals surface area (Å²) in [6.45, 7) is 3.85. The Balaban J connectivity index is 1.81. The first-order valence-electron chi connectivity index (χ1n) is 5.95. The molecule has 0 bridgehead atoms. The number of carbonyl (C=O) groups excluding carboxylic acids is 1. The first kappa shape index (κ1) is 11.3. The van der Waals surface area contributed by atoms with Crippen molar-refractivity contribution in [1.29, 1.82) is 0 Å². The third-order valence-electron chi connectivity index (χ3n) is 3.16. The highest BCUT2D eigenvalue weighted by Crippen LogP contribution is 2.27. The van der Waals surface area contributed by atoms with Crippen LogP contribution in [-0.4, -0.2) is 41.1 Å². The van der Waals surface area contributed by atoms with Gasteiger partial charge in [-0.2, -0.15) is 11.8 Å². The van der Waals surface area contributed by atoms with Gasteiger partial charge in [0.2, 0.25) is 5.91 Å². The Bertz CT molecular complexity index is 229. The van der Waals surface area contributed by atoms with Gasteiger partial charge >= 0.3 is 0 Å². The second-order valence-electron chi connectivity index (χ2n) is 4.40. The highest BCUT2D eigenvalue weighted by atomic mass is 32.2. The molecule has 1 N–H and O–H groups in total. The molecule has 0 aromatic carbocycles. The second-order valence-corrected chi connectivity index (χ2v) is 5.81. The lowest BCUT2D eigenvalue weighted by atomic mass is 10.1. The molecule has 86 valence electrons. The van der Waals surface area contributed by atoms with E-state index in [1.807, 2.05) is 16.7 Å². The van der Waals surface area contributed by atoms with Crippen LogP contribution in [0.3, 0.4) is 0 Å². The SMILES string of the molecule is CCCC1NCN(CC2CCCS2)C1=O. The fourth-order valence-corrected chi connectivity index (χ4v) is 3.59. The molecule has 2 saturated heterocycles. The quantitative estimate of drug-likeness (QED) is 0.790. The fraction of sp³-hybridized carbons (Fsp3) is 0.909. The highest BCUT2D eigenvalue weighted by Gasteiger charge is 2.32. The van der Waals surface area contributed by atoms with Gasteiger partial charge in [0.25, 0.3) is 0 Å². The zero-order valence-electron chi connectivity index (χ0n) is 9.37.